The first-order valence-corrected chi connectivity index (χ1v) is 8.95. The summed E-state index contributed by atoms with van der Waals surface area (Å²) in [5.74, 6) is 0.742. The highest BCUT2D eigenvalue weighted by molar-refractivity contribution is 5.93. The summed E-state index contributed by atoms with van der Waals surface area (Å²) in [5.41, 5.74) is -0.620. The maximum atomic E-state index is 13.0. The highest BCUT2D eigenvalue weighted by atomic mass is 16.5. The summed E-state index contributed by atoms with van der Waals surface area (Å²) < 4.78 is 5.61. The smallest absolute Gasteiger partial charge is 0.261 e. The van der Waals surface area contributed by atoms with Gasteiger partial charge in [0.25, 0.3) is 5.91 Å². The van der Waals surface area contributed by atoms with E-state index in [1.54, 1.807) is 4.90 Å². The van der Waals surface area contributed by atoms with Gasteiger partial charge >= 0.3 is 0 Å². The highest BCUT2D eigenvalue weighted by Gasteiger charge is 2.52. The van der Waals surface area contributed by atoms with Crippen LogP contribution in [0.3, 0.4) is 0 Å². The maximum absolute atomic E-state index is 13.0. The van der Waals surface area contributed by atoms with Crippen LogP contribution >= 0.6 is 0 Å². The number of amides is 2. The van der Waals surface area contributed by atoms with Crippen molar-refractivity contribution in [2.75, 3.05) is 26.2 Å². The zero-order chi connectivity index (χ0) is 17.0. The Hall–Kier alpha value is -2.04. The van der Waals surface area contributed by atoms with E-state index >= 15 is 0 Å². The molecular weight excluding hydrogens is 304 g/mol. The number of hydrogen-bond donors (Lipinski definition) is 0. The Morgan fingerprint density at radius 3 is 2.58 bits per heavy atom. The third kappa shape index (κ3) is 3.12. The molecule has 2 saturated heterocycles. The number of benzene rings is 1. The van der Waals surface area contributed by atoms with Crippen LogP contribution in [0.1, 0.15) is 39.0 Å². The summed E-state index contributed by atoms with van der Waals surface area (Å²) in [6.45, 7) is 4.33. The number of hydrogen-bond acceptors (Lipinski definition) is 3. The summed E-state index contributed by atoms with van der Waals surface area (Å²) in [6.07, 6.45) is 4.37. The van der Waals surface area contributed by atoms with Gasteiger partial charge in [-0.25, -0.2) is 0 Å². The number of carbonyl (C=O) groups excluding carboxylic acids is 2. The number of piperidine rings is 1. The van der Waals surface area contributed by atoms with Crippen molar-refractivity contribution in [3.8, 4) is 5.75 Å². The molecule has 3 rings (SSSR count). The predicted molar refractivity (Wildman–Crippen MR) is 91.7 cm³/mol. The van der Waals surface area contributed by atoms with Gasteiger partial charge < -0.3 is 14.5 Å². The Kier molecular flexibility index (Phi) is 5.07. The van der Waals surface area contributed by atoms with Gasteiger partial charge in [0.2, 0.25) is 5.91 Å². The molecule has 2 fully saturated rings. The van der Waals surface area contributed by atoms with E-state index in [1.165, 1.54) is 0 Å². The van der Waals surface area contributed by atoms with Gasteiger partial charge in [-0.3, -0.25) is 9.59 Å². The van der Waals surface area contributed by atoms with Crippen LogP contribution in [0, 0.1) is 0 Å². The van der Waals surface area contributed by atoms with Gasteiger partial charge in [-0.2, -0.15) is 0 Å². The van der Waals surface area contributed by atoms with Crippen LogP contribution in [-0.2, 0) is 9.59 Å². The molecule has 1 aromatic carbocycles. The fraction of sp³-hybridized carbons (Fsp3) is 0.579. The van der Waals surface area contributed by atoms with Crippen molar-refractivity contribution in [3.63, 3.8) is 0 Å². The molecule has 0 bridgehead atoms. The highest BCUT2D eigenvalue weighted by Crippen LogP contribution is 2.38. The molecule has 24 heavy (non-hydrogen) atoms. The molecule has 1 aromatic rings. The van der Waals surface area contributed by atoms with Gasteiger partial charge in [0.1, 0.15) is 11.3 Å². The minimum Gasteiger partial charge on any atom is -0.484 e. The first kappa shape index (κ1) is 16.8. The molecule has 0 saturated carbocycles. The Balaban J connectivity index is 1.70. The van der Waals surface area contributed by atoms with Crippen molar-refractivity contribution in [3.05, 3.63) is 30.3 Å². The molecule has 2 heterocycles. The topological polar surface area (TPSA) is 49.9 Å². The fourth-order valence-corrected chi connectivity index (χ4v) is 4.01. The van der Waals surface area contributed by atoms with Crippen LogP contribution in [0.25, 0.3) is 0 Å². The molecule has 130 valence electrons. The monoisotopic (exact) mass is 330 g/mol. The quantitative estimate of drug-likeness (QED) is 0.833. The molecule has 2 aliphatic heterocycles. The molecular formula is C19H26N2O3. The second-order valence-electron chi connectivity index (χ2n) is 6.68. The second kappa shape index (κ2) is 7.24. The fourth-order valence-electron chi connectivity index (χ4n) is 4.01. The minimum absolute atomic E-state index is 0.00712. The predicted octanol–water partition coefficient (Wildman–Crippen LogP) is 2.46. The number of ether oxygens (including phenoxy) is 1. The lowest BCUT2D eigenvalue weighted by molar-refractivity contribution is -0.156. The Bertz CT molecular complexity index is 588. The van der Waals surface area contributed by atoms with Gasteiger partial charge in [0, 0.05) is 19.6 Å². The van der Waals surface area contributed by atoms with Gasteiger partial charge in [-0.1, -0.05) is 25.1 Å². The Morgan fingerprint density at radius 2 is 1.88 bits per heavy atom. The lowest BCUT2D eigenvalue weighted by atomic mass is 9.85. The molecule has 0 aliphatic carbocycles. The maximum Gasteiger partial charge on any atom is 0.261 e. The summed E-state index contributed by atoms with van der Waals surface area (Å²) in [6, 6.07) is 9.34. The molecule has 0 aromatic heterocycles. The van der Waals surface area contributed by atoms with Crippen molar-refractivity contribution in [1.29, 1.82) is 0 Å². The molecule has 5 nitrogen and oxygen atoms in total. The molecule has 0 N–H and O–H groups in total. The molecule has 2 aliphatic rings. The van der Waals surface area contributed by atoms with Crippen molar-refractivity contribution in [1.82, 2.24) is 9.80 Å². The number of carbonyl (C=O) groups is 2. The molecule has 5 heteroatoms. The third-order valence-corrected chi connectivity index (χ3v) is 5.09. The summed E-state index contributed by atoms with van der Waals surface area (Å²) in [7, 11) is 0. The van der Waals surface area contributed by atoms with E-state index in [9.17, 15) is 9.59 Å². The molecule has 1 atom stereocenters. The Labute approximate surface area is 143 Å². The van der Waals surface area contributed by atoms with Crippen molar-refractivity contribution in [2.24, 2.45) is 0 Å². The van der Waals surface area contributed by atoms with E-state index in [-0.39, 0.29) is 18.4 Å². The van der Waals surface area contributed by atoms with Crippen molar-refractivity contribution >= 4 is 11.8 Å². The lowest BCUT2D eigenvalue weighted by Crippen LogP contribution is -2.62. The van der Waals surface area contributed by atoms with Crippen molar-refractivity contribution in [2.45, 2.75) is 44.6 Å². The van der Waals surface area contributed by atoms with E-state index in [4.69, 9.17) is 4.74 Å². The average Bonchev–Trinajstić information content (AvgIpc) is 3.03. The van der Waals surface area contributed by atoms with E-state index < -0.39 is 5.54 Å². The van der Waals surface area contributed by atoms with Crippen LogP contribution < -0.4 is 4.74 Å². The normalized spacial score (nSPS) is 23.8. The first-order chi connectivity index (χ1) is 11.7. The molecule has 0 radical (unpaired) electrons. The van der Waals surface area contributed by atoms with Crippen LogP contribution in [0.4, 0.5) is 0 Å². The summed E-state index contributed by atoms with van der Waals surface area (Å²) in [5, 5.41) is 0. The van der Waals surface area contributed by atoms with Crippen LogP contribution in [0.2, 0.25) is 0 Å². The number of likely N-dealkylation sites (tertiary alicyclic amines) is 2. The van der Waals surface area contributed by atoms with Gasteiger partial charge in [0.05, 0.1) is 0 Å². The van der Waals surface area contributed by atoms with E-state index in [1.807, 2.05) is 35.2 Å². The molecule has 2 amide bonds. The minimum atomic E-state index is -0.620. The van der Waals surface area contributed by atoms with Crippen molar-refractivity contribution < 1.29 is 14.3 Å². The average molecular weight is 330 g/mol. The van der Waals surface area contributed by atoms with E-state index in [0.717, 1.165) is 45.2 Å². The largest absolute Gasteiger partial charge is 0.484 e. The SMILES string of the molecule is CCCN1CCCC2(CCCN2C(=O)COc2ccccc2)C1=O. The zero-order valence-corrected chi connectivity index (χ0v) is 14.4. The lowest BCUT2D eigenvalue weighted by Gasteiger charge is -2.44. The number of nitrogens with zero attached hydrogens (tertiary/aromatic N) is 2. The zero-order valence-electron chi connectivity index (χ0n) is 14.4. The first-order valence-electron chi connectivity index (χ1n) is 8.95. The van der Waals surface area contributed by atoms with Gasteiger partial charge in [0.15, 0.2) is 6.61 Å². The Morgan fingerprint density at radius 1 is 1.17 bits per heavy atom. The summed E-state index contributed by atoms with van der Waals surface area (Å²) >= 11 is 0. The van der Waals surface area contributed by atoms with E-state index in [2.05, 4.69) is 6.92 Å². The third-order valence-electron chi connectivity index (χ3n) is 5.09. The van der Waals surface area contributed by atoms with Gasteiger partial charge in [-0.15, -0.1) is 0 Å². The number of rotatable bonds is 5. The van der Waals surface area contributed by atoms with E-state index in [0.29, 0.717) is 12.3 Å². The molecule has 1 spiro atoms. The van der Waals surface area contributed by atoms with Crippen LogP contribution in [0.15, 0.2) is 30.3 Å². The standard InChI is InChI=1S/C19H26N2O3/c1-2-12-20-13-6-10-19(18(20)23)11-7-14-21(19)17(22)15-24-16-8-4-3-5-9-16/h3-5,8-9H,2,6-7,10-15H2,1H3. The van der Waals surface area contributed by atoms with Crippen LogP contribution in [-0.4, -0.2) is 53.4 Å². The second-order valence-corrected chi connectivity index (χ2v) is 6.68. The van der Waals surface area contributed by atoms with Crippen LogP contribution in [0.5, 0.6) is 5.75 Å². The summed E-state index contributed by atoms with van der Waals surface area (Å²) in [4.78, 5) is 29.5. The van der Waals surface area contributed by atoms with Gasteiger partial charge in [-0.05, 0) is 44.2 Å². The number of para-hydroxylation sites is 1. The molecule has 1 unspecified atom stereocenters.